The summed E-state index contributed by atoms with van der Waals surface area (Å²) in [5, 5.41) is 11.6. The van der Waals surface area contributed by atoms with Crippen molar-refractivity contribution in [3.63, 3.8) is 0 Å². The fraction of sp³-hybridized carbons (Fsp3) is 0.0714. The number of benzene rings is 2. The first-order valence-electron chi connectivity index (χ1n) is 5.56. The Morgan fingerprint density at radius 2 is 1.89 bits per heavy atom. The number of carbonyl (C=O) groups excluding carboxylic acids is 1. The van der Waals surface area contributed by atoms with E-state index >= 15 is 0 Å². The van der Waals surface area contributed by atoms with Gasteiger partial charge in [-0.05, 0) is 35.9 Å². The highest BCUT2D eigenvalue weighted by Crippen LogP contribution is 2.19. The molecule has 2 aromatic rings. The van der Waals surface area contributed by atoms with Gasteiger partial charge >= 0.3 is 0 Å². The van der Waals surface area contributed by atoms with Crippen molar-refractivity contribution in [3.8, 4) is 0 Å². The number of halogens is 2. The van der Waals surface area contributed by atoms with Crippen molar-refractivity contribution in [1.29, 1.82) is 0 Å². The maximum atomic E-state index is 12.9. The van der Waals surface area contributed by atoms with E-state index in [0.29, 0.717) is 5.69 Å². The van der Waals surface area contributed by atoms with Crippen LogP contribution in [0, 0.1) is 5.82 Å². The second kappa shape index (κ2) is 5.82. The number of hydrogen-bond donors (Lipinski definition) is 2. The average molecular weight is 280 g/mol. The summed E-state index contributed by atoms with van der Waals surface area (Å²) < 4.78 is 12.9. The molecule has 0 aromatic heterocycles. The molecule has 0 aliphatic carbocycles. The third-order valence-corrected chi connectivity index (χ3v) is 2.88. The van der Waals surface area contributed by atoms with Gasteiger partial charge in [-0.1, -0.05) is 23.7 Å². The van der Waals surface area contributed by atoms with Crippen molar-refractivity contribution in [3.05, 3.63) is 64.4 Å². The van der Waals surface area contributed by atoms with Crippen LogP contribution in [0.1, 0.15) is 15.9 Å². The van der Waals surface area contributed by atoms with Crippen molar-refractivity contribution in [2.75, 3.05) is 5.32 Å². The molecule has 0 radical (unpaired) electrons. The molecule has 0 fully saturated rings. The van der Waals surface area contributed by atoms with Crippen LogP contribution in [0.2, 0.25) is 5.02 Å². The predicted molar refractivity (Wildman–Crippen MR) is 71.7 cm³/mol. The van der Waals surface area contributed by atoms with Crippen molar-refractivity contribution < 1.29 is 14.3 Å². The van der Waals surface area contributed by atoms with E-state index in [2.05, 4.69) is 5.32 Å². The molecule has 1 amide bonds. The van der Waals surface area contributed by atoms with Gasteiger partial charge in [0.15, 0.2) is 0 Å². The molecular weight excluding hydrogens is 269 g/mol. The number of aliphatic hydroxyl groups is 1. The van der Waals surface area contributed by atoms with Crippen LogP contribution in [-0.4, -0.2) is 11.0 Å². The highest BCUT2D eigenvalue weighted by molar-refractivity contribution is 6.34. The Kier molecular flexibility index (Phi) is 4.14. The van der Waals surface area contributed by atoms with E-state index in [4.69, 9.17) is 16.7 Å². The van der Waals surface area contributed by atoms with E-state index in [1.807, 2.05) is 0 Å². The molecule has 0 aliphatic rings. The number of aliphatic hydroxyl groups excluding tert-OH is 1. The van der Waals surface area contributed by atoms with Gasteiger partial charge in [0, 0.05) is 5.69 Å². The monoisotopic (exact) mass is 279 g/mol. The van der Waals surface area contributed by atoms with Crippen LogP contribution in [0.5, 0.6) is 0 Å². The summed E-state index contributed by atoms with van der Waals surface area (Å²) in [6.45, 7) is -0.0575. The van der Waals surface area contributed by atoms with Gasteiger partial charge in [-0.2, -0.15) is 0 Å². The van der Waals surface area contributed by atoms with E-state index in [1.165, 1.54) is 12.1 Å². The van der Waals surface area contributed by atoms with Crippen molar-refractivity contribution in [2.24, 2.45) is 0 Å². The zero-order valence-corrected chi connectivity index (χ0v) is 10.6. The molecule has 0 aliphatic heterocycles. The lowest BCUT2D eigenvalue weighted by Gasteiger charge is -2.07. The highest BCUT2D eigenvalue weighted by Gasteiger charge is 2.11. The third-order valence-electron chi connectivity index (χ3n) is 2.57. The number of anilines is 1. The van der Waals surface area contributed by atoms with Gasteiger partial charge in [0.1, 0.15) is 5.82 Å². The summed E-state index contributed by atoms with van der Waals surface area (Å²) >= 11 is 5.80. The Hall–Kier alpha value is -1.91. The first kappa shape index (κ1) is 13.5. The van der Waals surface area contributed by atoms with Crippen LogP contribution < -0.4 is 5.32 Å². The summed E-state index contributed by atoms with van der Waals surface area (Å²) in [6.07, 6.45) is 0. The first-order chi connectivity index (χ1) is 9.10. The molecule has 0 saturated carbocycles. The summed E-state index contributed by atoms with van der Waals surface area (Å²) in [7, 11) is 0. The van der Waals surface area contributed by atoms with Gasteiger partial charge < -0.3 is 10.4 Å². The molecule has 19 heavy (non-hydrogen) atoms. The van der Waals surface area contributed by atoms with E-state index in [9.17, 15) is 9.18 Å². The molecular formula is C14H11ClFNO2. The number of amides is 1. The highest BCUT2D eigenvalue weighted by atomic mass is 35.5. The SMILES string of the molecule is O=C(Nc1ccc(CO)cc1)c1ccc(F)cc1Cl. The molecule has 0 heterocycles. The standard InChI is InChI=1S/C14H11ClFNO2/c15-13-7-10(16)3-6-12(13)14(19)17-11-4-1-9(8-18)2-5-11/h1-7,18H,8H2,(H,17,19). The number of rotatable bonds is 3. The number of hydrogen-bond acceptors (Lipinski definition) is 2. The van der Waals surface area contributed by atoms with Crippen LogP contribution in [0.25, 0.3) is 0 Å². The van der Waals surface area contributed by atoms with Gasteiger partial charge in [-0.3, -0.25) is 4.79 Å². The first-order valence-corrected chi connectivity index (χ1v) is 5.94. The quantitative estimate of drug-likeness (QED) is 0.906. The van der Waals surface area contributed by atoms with E-state index in [1.54, 1.807) is 24.3 Å². The second-order valence-electron chi connectivity index (χ2n) is 3.93. The fourth-order valence-corrected chi connectivity index (χ4v) is 1.82. The summed E-state index contributed by atoms with van der Waals surface area (Å²) in [6, 6.07) is 10.3. The summed E-state index contributed by atoms with van der Waals surface area (Å²) in [4.78, 5) is 11.9. The number of nitrogens with one attached hydrogen (secondary N) is 1. The molecule has 0 unspecified atom stereocenters. The molecule has 3 nitrogen and oxygen atoms in total. The Morgan fingerprint density at radius 3 is 2.47 bits per heavy atom. The predicted octanol–water partition coefficient (Wildman–Crippen LogP) is 3.22. The van der Waals surface area contributed by atoms with Crippen LogP contribution in [-0.2, 0) is 6.61 Å². The van der Waals surface area contributed by atoms with Gasteiger partial charge in [0.05, 0.1) is 17.2 Å². The lowest BCUT2D eigenvalue weighted by atomic mass is 10.2. The topological polar surface area (TPSA) is 49.3 Å². The average Bonchev–Trinajstić information content (AvgIpc) is 2.39. The lowest BCUT2D eigenvalue weighted by Crippen LogP contribution is -2.12. The van der Waals surface area contributed by atoms with Gasteiger partial charge in [0.2, 0.25) is 0 Å². The van der Waals surface area contributed by atoms with Gasteiger partial charge in [0.25, 0.3) is 5.91 Å². The molecule has 0 bridgehead atoms. The van der Waals surface area contributed by atoms with Crippen LogP contribution in [0.15, 0.2) is 42.5 Å². The minimum absolute atomic E-state index is 0.0575. The van der Waals surface area contributed by atoms with Gasteiger partial charge in [-0.25, -0.2) is 4.39 Å². The third kappa shape index (κ3) is 3.30. The zero-order chi connectivity index (χ0) is 13.8. The molecule has 2 N–H and O–H groups in total. The minimum Gasteiger partial charge on any atom is -0.392 e. The largest absolute Gasteiger partial charge is 0.392 e. The summed E-state index contributed by atoms with van der Waals surface area (Å²) in [5.74, 6) is -0.907. The Labute approximate surface area is 114 Å². The maximum Gasteiger partial charge on any atom is 0.257 e. The molecule has 98 valence electrons. The molecule has 0 saturated heterocycles. The molecule has 2 rings (SSSR count). The molecule has 0 atom stereocenters. The van der Waals surface area contributed by atoms with Crippen molar-refractivity contribution in [1.82, 2.24) is 0 Å². The zero-order valence-electron chi connectivity index (χ0n) is 9.86. The van der Waals surface area contributed by atoms with E-state index < -0.39 is 11.7 Å². The normalized spacial score (nSPS) is 10.3. The van der Waals surface area contributed by atoms with Crippen molar-refractivity contribution >= 4 is 23.2 Å². The molecule has 0 spiro atoms. The van der Waals surface area contributed by atoms with E-state index in [-0.39, 0.29) is 17.2 Å². The smallest absolute Gasteiger partial charge is 0.257 e. The number of carbonyl (C=O) groups is 1. The molecule has 2 aromatic carbocycles. The van der Waals surface area contributed by atoms with Crippen LogP contribution >= 0.6 is 11.6 Å². The van der Waals surface area contributed by atoms with Crippen LogP contribution in [0.4, 0.5) is 10.1 Å². The van der Waals surface area contributed by atoms with Crippen molar-refractivity contribution in [2.45, 2.75) is 6.61 Å². The van der Waals surface area contributed by atoms with E-state index in [0.717, 1.165) is 11.6 Å². The minimum atomic E-state index is -0.492. The summed E-state index contributed by atoms with van der Waals surface area (Å²) in [5.41, 5.74) is 1.52. The fourth-order valence-electron chi connectivity index (χ4n) is 1.57. The van der Waals surface area contributed by atoms with Gasteiger partial charge in [-0.15, -0.1) is 0 Å². The van der Waals surface area contributed by atoms with Crippen LogP contribution in [0.3, 0.4) is 0 Å². The molecule has 5 heteroatoms. The Balaban J connectivity index is 2.15. The maximum absolute atomic E-state index is 12.9. The Bertz CT molecular complexity index is 599. The Morgan fingerprint density at radius 1 is 1.21 bits per heavy atom. The second-order valence-corrected chi connectivity index (χ2v) is 4.34. The lowest BCUT2D eigenvalue weighted by molar-refractivity contribution is 0.102.